The molecule has 100 valence electrons. The molecule has 1 amide bonds. The molecule has 18 heavy (non-hydrogen) atoms. The van der Waals surface area contributed by atoms with Crippen LogP contribution in [0.5, 0.6) is 5.75 Å². The summed E-state index contributed by atoms with van der Waals surface area (Å²) < 4.78 is 5.25. The Morgan fingerprint density at radius 2 is 2.22 bits per heavy atom. The van der Waals surface area contributed by atoms with Crippen LogP contribution in [0.25, 0.3) is 0 Å². The molecule has 0 saturated heterocycles. The molecule has 3 N–H and O–H groups in total. The van der Waals surface area contributed by atoms with Crippen LogP contribution in [0.15, 0.2) is 18.2 Å². The van der Waals surface area contributed by atoms with Crippen LogP contribution < -0.4 is 15.8 Å². The van der Waals surface area contributed by atoms with Gasteiger partial charge in [0.15, 0.2) is 0 Å². The van der Waals surface area contributed by atoms with Crippen molar-refractivity contribution in [3.8, 4) is 5.75 Å². The lowest BCUT2D eigenvalue weighted by Gasteiger charge is -2.16. The number of rotatable bonds is 6. The number of hydrogen-bond donors (Lipinski definition) is 2. The van der Waals surface area contributed by atoms with E-state index in [1.807, 2.05) is 32.0 Å². The van der Waals surface area contributed by atoms with Crippen molar-refractivity contribution < 1.29 is 9.53 Å². The van der Waals surface area contributed by atoms with Gasteiger partial charge >= 0.3 is 0 Å². The minimum atomic E-state index is -0.138. The minimum Gasteiger partial charge on any atom is -0.495 e. The topological polar surface area (TPSA) is 64.4 Å². The summed E-state index contributed by atoms with van der Waals surface area (Å²) >= 11 is 0. The maximum absolute atomic E-state index is 12.0. The Balaban J connectivity index is 2.80. The van der Waals surface area contributed by atoms with Gasteiger partial charge in [-0.15, -0.1) is 0 Å². The van der Waals surface area contributed by atoms with Crippen molar-refractivity contribution in [1.82, 2.24) is 0 Å². The summed E-state index contributed by atoms with van der Waals surface area (Å²) in [6, 6.07) is 5.69. The monoisotopic (exact) mass is 250 g/mol. The maximum Gasteiger partial charge on any atom is 0.228 e. The summed E-state index contributed by atoms with van der Waals surface area (Å²) in [4.78, 5) is 12.0. The summed E-state index contributed by atoms with van der Waals surface area (Å²) in [5.74, 6) is 0.498. The normalized spacial score (nSPS) is 12.0. The molecule has 0 aliphatic heterocycles. The Morgan fingerprint density at radius 3 is 2.78 bits per heavy atom. The predicted octanol–water partition coefficient (Wildman–Crippen LogP) is 2.32. The Kier molecular flexibility index (Phi) is 5.65. The smallest absolute Gasteiger partial charge is 0.228 e. The van der Waals surface area contributed by atoms with E-state index in [9.17, 15) is 4.79 Å². The number of benzene rings is 1. The fourth-order valence-electron chi connectivity index (χ4n) is 1.84. The Hall–Kier alpha value is -1.55. The molecule has 0 fully saturated rings. The van der Waals surface area contributed by atoms with Gasteiger partial charge in [0, 0.05) is 6.54 Å². The van der Waals surface area contributed by atoms with Crippen LogP contribution >= 0.6 is 0 Å². The second-order valence-corrected chi connectivity index (χ2v) is 4.41. The van der Waals surface area contributed by atoms with Gasteiger partial charge in [-0.3, -0.25) is 4.79 Å². The van der Waals surface area contributed by atoms with Crippen LogP contribution in [-0.4, -0.2) is 19.6 Å². The van der Waals surface area contributed by atoms with E-state index < -0.39 is 0 Å². The van der Waals surface area contributed by atoms with E-state index in [1.165, 1.54) is 0 Å². The molecule has 0 bridgehead atoms. The molecule has 1 atom stereocenters. The number of anilines is 1. The Morgan fingerprint density at radius 1 is 1.50 bits per heavy atom. The molecule has 0 spiro atoms. The van der Waals surface area contributed by atoms with E-state index in [1.54, 1.807) is 7.11 Å². The van der Waals surface area contributed by atoms with Crippen molar-refractivity contribution in [2.45, 2.75) is 26.7 Å². The van der Waals surface area contributed by atoms with Crippen LogP contribution in [0.2, 0.25) is 0 Å². The SMILES string of the molecule is CCCC(CN)C(=O)Nc1ccc(C)cc1OC. The van der Waals surface area contributed by atoms with Crippen molar-refractivity contribution in [2.75, 3.05) is 19.0 Å². The van der Waals surface area contributed by atoms with Crippen molar-refractivity contribution in [1.29, 1.82) is 0 Å². The summed E-state index contributed by atoms with van der Waals surface area (Å²) in [5.41, 5.74) is 7.40. The van der Waals surface area contributed by atoms with Crippen molar-refractivity contribution >= 4 is 11.6 Å². The van der Waals surface area contributed by atoms with E-state index in [-0.39, 0.29) is 11.8 Å². The molecule has 4 nitrogen and oxygen atoms in total. The van der Waals surface area contributed by atoms with E-state index in [0.717, 1.165) is 18.4 Å². The third-order valence-electron chi connectivity index (χ3n) is 2.91. The van der Waals surface area contributed by atoms with Crippen LogP contribution in [-0.2, 0) is 4.79 Å². The van der Waals surface area contributed by atoms with E-state index in [4.69, 9.17) is 10.5 Å². The van der Waals surface area contributed by atoms with Crippen LogP contribution in [0.1, 0.15) is 25.3 Å². The fraction of sp³-hybridized carbons (Fsp3) is 0.500. The number of nitrogens with one attached hydrogen (secondary N) is 1. The number of carbonyl (C=O) groups excluding carboxylic acids is 1. The van der Waals surface area contributed by atoms with Gasteiger partial charge in [-0.25, -0.2) is 0 Å². The number of nitrogens with two attached hydrogens (primary N) is 1. The molecule has 1 aromatic rings. The molecule has 0 aliphatic carbocycles. The highest BCUT2D eigenvalue weighted by atomic mass is 16.5. The molecular weight excluding hydrogens is 228 g/mol. The fourth-order valence-corrected chi connectivity index (χ4v) is 1.84. The third-order valence-corrected chi connectivity index (χ3v) is 2.91. The van der Waals surface area contributed by atoms with Gasteiger partial charge in [0.05, 0.1) is 18.7 Å². The molecule has 1 aromatic carbocycles. The minimum absolute atomic E-state index is 0.0403. The Bertz CT molecular complexity index is 405. The lowest BCUT2D eigenvalue weighted by atomic mass is 10.0. The second-order valence-electron chi connectivity index (χ2n) is 4.41. The van der Waals surface area contributed by atoms with Crippen molar-refractivity contribution in [2.24, 2.45) is 11.7 Å². The lowest BCUT2D eigenvalue weighted by molar-refractivity contribution is -0.119. The zero-order valence-electron chi connectivity index (χ0n) is 11.3. The highest BCUT2D eigenvalue weighted by Gasteiger charge is 2.17. The summed E-state index contributed by atoms with van der Waals surface area (Å²) in [6.07, 6.45) is 1.75. The van der Waals surface area contributed by atoms with Crippen LogP contribution in [0.4, 0.5) is 5.69 Å². The first-order valence-electron chi connectivity index (χ1n) is 6.28. The quantitative estimate of drug-likeness (QED) is 0.814. The van der Waals surface area contributed by atoms with Gasteiger partial charge in [-0.1, -0.05) is 19.4 Å². The van der Waals surface area contributed by atoms with E-state index in [0.29, 0.717) is 18.0 Å². The number of ether oxygens (including phenoxy) is 1. The average molecular weight is 250 g/mol. The van der Waals surface area contributed by atoms with Gasteiger partial charge < -0.3 is 15.8 Å². The van der Waals surface area contributed by atoms with Crippen molar-refractivity contribution in [3.05, 3.63) is 23.8 Å². The first-order chi connectivity index (χ1) is 8.62. The first kappa shape index (κ1) is 14.5. The molecule has 4 heteroatoms. The van der Waals surface area contributed by atoms with Gasteiger partial charge in [0.1, 0.15) is 5.75 Å². The molecule has 0 saturated carbocycles. The lowest BCUT2D eigenvalue weighted by Crippen LogP contribution is -2.29. The number of carbonyl (C=O) groups is 1. The summed E-state index contributed by atoms with van der Waals surface area (Å²) in [6.45, 7) is 4.39. The molecule has 0 heterocycles. The zero-order chi connectivity index (χ0) is 13.5. The largest absolute Gasteiger partial charge is 0.495 e. The second kappa shape index (κ2) is 7.01. The molecular formula is C14H22N2O2. The third kappa shape index (κ3) is 3.74. The van der Waals surface area contributed by atoms with E-state index in [2.05, 4.69) is 5.32 Å². The average Bonchev–Trinajstić information content (AvgIpc) is 2.37. The van der Waals surface area contributed by atoms with Crippen LogP contribution in [0, 0.1) is 12.8 Å². The summed E-state index contributed by atoms with van der Waals surface area (Å²) in [7, 11) is 1.59. The Labute approximate surface area is 109 Å². The molecule has 0 radical (unpaired) electrons. The first-order valence-corrected chi connectivity index (χ1v) is 6.28. The van der Waals surface area contributed by atoms with Gasteiger partial charge in [0.25, 0.3) is 0 Å². The number of amides is 1. The molecule has 0 aromatic heterocycles. The number of methoxy groups -OCH3 is 1. The van der Waals surface area contributed by atoms with Gasteiger partial charge in [0.2, 0.25) is 5.91 Å². The van der Waals surface area contributed by atoms with Crippen molar-refractivity contribution in [3.63, 3.8) is 0 Å². The predicted molar refractivity (Wildman–Crippen MR) is 73.8 cm³/mol. The molecule has 0 aliphatic rings. The van der Waals surface area contributed by atoms with Crippen LogP contribution in [0.3, 0.4) is 0 Å². The summed E-state index contributed by atoms with van der Waals surface area (Å²) in [5, 5.41) is 2.88. The maximum atomic E-state index is 12.0. The number of aryl methyl sites for hydroxylation is 1. The van der Waals surface area contributed by atoms with Gasteiger partial charge in [-0.2, -0.15) is 0 Å². The number of hydrogen-bond acceptors (Lipinski definition) is 3. The van der Waals surface area contributed by atoms with Gasteiger partial charge in [-0.05, 0) is 31.0 Å². The standard InChI is InChI=1S/C14H22N2O2/c1-4-5-11(9-15)14(17)16-12-7-6-10(2)8-13(12)18-3/h6-8,11H,4-5,9,15H2,1-3H3,(H,16,17). The molecule has 1 unspecified atom stereocenters. The highest BCUT2D eigenvalue weighted by Crippen LogP contribution is 2.26. The zero-order valence-corrected chi connectivity index (χ0v) is 11.3. The van der Waals surface area contributed by atoms with E-state index >= 15 is 0 Å². The molecule has 1 rings (SSSR count). The highest BCUT2D eigenvalue weighted by molar-refractivity contribution is 5.94.